The Morgan fingerprint density at radius 1 is 1.03 bits per heavy atom. The van der Waals surface area contributed by atoms with Crippen LogP contribution in [-0.4, -0.2) is 71.4 Å². The molecule has 1 aromatic heterocycles. The van der Waals surface area contributed by atoms with Crippen molar-refractivity contribution in [1.82, 2.24) is 14.8 Å². The molecular weight excluding hydrogens is 396 g/mol. The van der Waals surface area contributed by atoms with E-state index in [1.807, 2.05) is 23.1 Å². The number of anilines is 1. The number of hydrogen-bond donors (Lipinski definition) is 0. The lowest BCUT2D eigenvalue weighted by atomic mass is 10.1. The Balaban J connectivity index is 1.32. The molecule has 160 valence electrons. The SMILES string of the molecule is O=C(C1CCCO1)N1CCN(c2cccc3c2C(=O)N(Cc2ccccn2)C3=O)CC1. The van der Waals surface area contributed by atoms with Crippen LogP contribution in [0.4, 0.5) is 5.69 Å². The smallest absolute Gasteiger partial charge is 0.264 e. The first kappa shape index (κ1) is 19.7. The Bertz CT molecular complexity index is 1010. The van der Waals surface area contributed by atoms with E-state index in [9.17, 15) is 14.4 Å². The largest absolute Gasteiger partial charge is 0.368 e. The number of benzene rings is 1. The van der Waals surface area contributed by atoms with Gasteiger partial charge in [-0.3, -0.25) is 24.3 Å². The number of nitrogens with zero attached hydrogens (tertiary/aromatic N) is 4. The van der Waals surface area contributed by atoms with Gasteiger partial charge in [0, 0.05) is 39.0 Å². The minimum absolute atomic E-state index is 0.0585. The summed E-state index contributed by atoms with van der Waals surface area (Å²) in [5.41, 5.74) is 2.29. The topological polar surface area (TPSA) is 83.1 Å². The van der Waals surface area contributed by atoms with Crippen LogP contribution in [0, 0.1) is 0 Å². The molecule has 1 aromatic carbocycles. The Morgan fingerprint density at radius 2 is 1.87 bits per heavy atom. The number of rotatable bonds is 4. The summed E-state index contributed by atoms with van der Waals surface area (Å²) in [6.45, 7) is 3.16. The van der Waals surface area contributed by atoms with E-state index >= 15 is 0 Å². The highest BCUT2D eigenvalue weighted by molar-refractivity contribution is 6.23. The molecule has 1 atom stereocenters. The van der Waals surface area contributed by atoms with E-state index in [0.29, 0.717) is 49.6 Å². The van der Waals surface area contributed by atoms with Gasteiger partial charge in [0.25, 0.3) is 17.7 Å². The van der Waals surface area contributed by atoms with Gasteiger partial charge in [-0.25, -0.2) is 0 Å². The van der Waals surface area contributed by atoms with Gasteiger partial charge >= 0.3 is 0 Å². The molecule has 3 aliphatic heterocycles. The van der Waals surface area contributed by atoms with E-state index in [1.165, 1.54) is 4.90 Å². The van der Waals surface area contributed by atoms with Crippen molar-refractivity contribution in [2.75, 3.05) is 37.7 Å². The first-order valence-electron chi connectivity index (χ1n) is 10.7. The van der Waals surface area contributed by atoms with E-state index in [2.05, 4.69) is 9.88 Å². The summed E-state index contributed by atoms with van der Waals surface area (Å²) >= 11 is 0. The number of aromatic nitrogens is 1. The highest BCUT2D eigenvalue weighted by atomic mass is 16.5. The fraction of sp³-hybridized carbons (Fsp3) is 0.391. The van der Waals surface area contributed by atoms with Crippen molar-refractivity contribution in [2.24, 2.45) is 0 Å². The monoisotopic (exact) mass is 420 g/mol. The standard InChI is InChI=1S/C23H24N4O4/c28-21-17-6-3-7-18(20(17)23(30)27(21)15-16-5-1-2-9-24-16)25-10-12-26(13-11-25)22(29)19-8-4-14-31-19/h1-3,5-7,9,19H,4,8,10-15H2. The molecule has 5 rings (SSSR count). The molecule has 0 saturated carbocycles. The molecule has 4 heterocycles. The quantitative estimate of drug-likeness (QED) is 0.701. The average molecular weight is 420 g/mol. The van der Waals surface area contributed by atoms with Crippen LogP contribution in [0.1, 0.15) is 39.3 Å². The number of amides is 3. The van der Waals surface area contributed by atoms with E-state index in [-0.39, 0.29) is 30.4 Å². The fourth-order valence-electron chi connectivity index (χ4n) is 4.52. The number of piperazine rings is 1. The molecule has 0 bridgehead atoms. The van der Waals surface area contributed by atoms with Crippen LogP contribution in [0.5, 0.6) is 0 Å². The predicted molar refractivity (Wildman–Crippen MR) is 113 cm³/mol. The zero-order chi connectivity index (χ0) is 21.4. The maximum Gasteiger partial charge on any atom is 0.264 e. The molecule has 0 aliphatic carbocycles. The highest BCUT2D eigenvalue weighted by Crippen LogP contribution is 2.33. The van der Waals surface area contributed by atoms with Crippen LogP contribution in [-0.2, 0) is 16.1 Å². The van der Waals surface area contributed by atoms with Crippen molar-refractivity contribution in [1.29, 1.82) is 0 Å². The maximum atomic E-state index is 13.2. The lowest BCUT2D eigenvalue weighted by Gasteiger charge is -2.37. The third-order valence-corrected chi connectivity index (χ3v) is 6.16. The van der Waals surface area contributed by atoms with E-state index in [4.69, 9.17) is 4.74 Å². The van der Waals surface area contributed by atoms with Crippen molar-refractivity contribution in [3.8, 4) is 0 Å². The van der Waals surface area contributed by atoms with Gasteiger partial charge in [-0.15, -0.1) is 0 Å². The zero-order valence-electron chi connectivity index (χ0n) is 17.2. The number of carbonyl (C=O) groups is 3. The number of imide groups is 1. The summed E-state index contributed by atoms with van der Waals surface area (Å²) in [5, 5.41) is 0. The van der Waals surface area contributed by atoms with Crippen LogP contribution in [0.3, 0.4) is 0 Å². The molecule has 2 fully saturated rings. The molecule has 31 heavy (non-hydrogen) atoms. The zero-order valence-corrected chi connectivity index (χ0v) is 17.2. The summed E-state index contributed by atoms with van der Waals surface area (Å²) in [5.74, 6) is -0.526. The minimum Gasteiger partial charge on any atom is -0.368 e. The molecule has 8 nitrogen and oxygen atoms in total. The Hall–Kier alpha value is -3.26. The second-order valence-corrected chi connectivity index (χ2v) is 8.03. The normalized spacial score (nSPS) is 21.0. The first-order chi connectivity index (χ1) is 15.1. The predicted octanol–water partition coefficient (Wildman–Crippen LogP) is 1.71. The van der Waals surface area contributed by atoms with Crippen LogP contribution >= 0.6 is 0 Å². The van der Waals surface area contributed by atoms with Gasteiger partial charge in [0.15, 0.2) is 0 Å². The second kappa shape index (κ2) is 8.11. The number of ether oxygens (including phenoxy) is 1. The van der Waals surface area contributed by atoms with Gasteiger partial charge in [-0.2, -0.15) is 0 Å². The van der Waals surface area contributed by atoms with Gasteiger partial charge < -0.3 is 14.5 Å². The number of pyridine rings is 1. The third kappa shape index (κ3) is 3.57. The van der Waals surface area contributed by atoms with Crippen molar-refractivity contribution >= 4 is 23.4 Å². The maximum absolute atomic E-state index is 13.2. The van der Waals surface area contributed by atoms with Gasteiger partial charge in [0.2, 0.25) is 0 Å². The van der Waals surface area contributed by atoms with Crippen molar-refractivity contribution in [3.63, 3.8) is 0 Å². The summed E-state index contributed by atoms with van der Waals surface area (Å²) in [6.07, 6.45) is 3.05. The lowest BCUT2D eigenvalue weighted by Crippen LogP contribution is -2.51. The molecular formula is C23H24N4O4. The molecule has 8 heteroatoms. The lowest BCUT2D eigenvalue weighted by molar-refractivity contribution is -0.141. The van der Waals surface area contributed by atoms with Gasteiger partial charge in [0.1, 0.15) is 6.10 Å². The highest BCUT2D eigenvalue weighted by Gasteiger charge is 2.39. The number of hydrogen-bond acceptors (Lipinski definition) is 6. The molecule has 2 aromatic rings. The van der Waals surface area contributed by atoms with Crippen LogP contribution in [0.15, 0.2) is 42.6 Å². The summed E-state index contributed by atoms with van der Waals surface area (Å²) in [7, 11) is 0. The summed E-state index contributed by atoms with van der Waals surface area (Å²) in [6, 6.07) is 10.8. The van der Waals surface area contributed by atoms with Crippen molar-refractivity contribution in [2.45, 2.75) is 25.5 Å². The van der Waals surface area contributed by atoms with Gasteiger partial charge in [0.05, 0.1) is 29.1 Å². The molecule has 0 N–H and O–H groups in total. The molecule has 3 aliphatic rings. The Kier molecular flexibility index (Phi) is 5.15. The van der Waals surface area contributed by atoms with Crippen LogP contribution < -0.4 is 4.90 Å². The van der Waals surface area contributed by atoms with Crippen LogP contribution in [0.25, 0.3) is 0 Å². The fourth-order valence-corrected chi connectivity index (χ4v) is 4.52. The molecule has 0 spiro atoms. The third-order valence-electron chi connectivity index (χ3n) is 6.16. The van der Waals surface area contributed by atoms with Gasteiger partial charge in [-0.05, 0) is 37.1 Å². The summed E-state index contributed by atoms with van der Waals surface area (Å²) in [4.78, 5) is 48.2. The van der Waals surface area contributed by atoms with Crippen molar-refractivity contribution in [3.05, 3.63) is 59.4 Å². The number of fused-ring (bicyclic) bond motifs is 1. The number of carbonyl (C=O) groups excluding carboxylic acids is 3. The Labute approximate surface area is 180 Å². The van der Waals surface area contributed by atoms with Gasteiger partial charge in [-0.1, -0.05) is 12.1 Å². The minimum atomic E-state index is -0.313. The van der Waals surface area contributed by atoms with E-state index in [0.717, 1.165) is 18.5 Å². The average Bonchev–Trinajstić information content (AvgIpc) is 3.43. The molecule has 2 saturated heterocycles. The molecule has 0 radical (unpaired) electrons. The van der Waals surface area contributed by atoms with Crippen molar-refractivity contribution < 1.29 is 19.1 Å². The second-order valence-electron chi connectivity index (χ2n) is 8.03. The van der Waals surface area contributed by atoms with Crippen LogP contribution in [0.2, 0.25) is 0 Å². The van der Waals surface area contributed by atoms with E-state index < -0.39 is 0 Å². The Morgan fingerprint density at radius 3 is 2.58 bits per heavy atom. The van der Waals surface area contributed by atoms with E-state index in [1.54, 1.807) is 24.4 Å². The first-order valence-corrected chi connectivity index (χ1v) is 10.7. The molecule has 1 unspecified atom stereocenters. The molecule has 3 amide bonds. The summed E-state index contributed by atoms with van der Waals surface area (Å²) < 4.78 is 5.53.